The summed E-state index contributed by atoms with van der Waals surface area (Å²) in [5.74, 6) is 1.18. The minimum Gasteiger partial charge on any atom is -0.399 e. The minimum atomic E-state index is -3.78. The number of benzene rings is 2. The summed E-state index contributed by atoms with van der Waals surface area (Å²) >= 11 is 0. The van der Waals surface area contributed by atoms with Crippen LogP contribution in [0.25, 0.3) is 11.4 Å². The maximum absolute atomic E-state index is 14.2. The van der Waals surface area contributed by atoms with Crippen LogP contribution in [0.5, 0.6) is 0 Å². The van der Waals surface area contributed by atoms with Gasteiger partial charge in [0.25, 0.3) is 0 Å². The van der Waals surface area contributed by atoms with Gasteiger partial charge >= 0.3 is 0 Å². The summed E-state index contributed by atoms with van der Waals surface area (Å²) in [6.45, 7) is 4.60. The molecular formula is C26H30N4O4S. The van der Waals surface area contributed by atoms with E-state index in [9.17, 15) is 8.42 Å². The Hall–Kier alpha value is -3.01. The molecule has 0 amide bonds. The highest BCUT2D eigenvalue weighted by Gasteiger charge is 2.49. The zero-order chi connectivity index (χ0) is 24.5. The quantitative estimate of drug-likeness (QED) is 0.538. The van der Waals surface area contributed by atoms with Crippen LogP contribution in [-0.4, -0.2) is 57.4 Å². The van der Waals surface area contributed by atoms with Gasteiger partial charge in [-0.15, -0.1) is 0 Å². The zero-order valence-electron chi connectivity index (χ0n) is 19.8. The molecule has 2 N–H and O–H groups in total. The second-order valence-corrected chi connectivity index (χ2v) is 11.4. The lowest BCUT2D eigenvalue weighted by Crippen LogP contribution is -2.45. The highest BCUT2D eigenvalue weighted by molar-refractivity contribution is 7.92. The third-order valence-corrected chi connectivity index (χ3v) is 9.42. The Bertz CT molecular complexity index is 1280. The highest BCUT2D eigenvalue weighted by Crippen LogP contribution is 2.44. The molecule has 3 heterocycles. The van der Waals surface area contributed by atoms with E-state index in [1.165, 1.54) is 0 Å². The van der Waals surface area contributed by atoms with Gasteiger partial charge in [-0.25, -0.2) is 18.4 Å². The van der Waals surface area contributed by atoms with Crippen molar-refractivity contribution in [3.8, 4) is 11.4 Å². The Morgan fingerprint density at radius 3 is 2.37 bits per heavy atom. The van der Waals surface area contributed by atoms with Gasteiger partial charge in [0.2, 0.25) is 0 Å². The molecule has 2 fully saturated rings. The monoisotopic (exact) mass is 494 g/mol. The first kappa shape index (κ1) is 23.7. The molecule has 0 aliphatic carbocycles. The topological polar surface area (TPSA) is 108 Å². The number of anilines is 2. The Labute approximate surface area is 206 Å². The van der Waals surface area contributed by atoms with Crippen molar-refractivity contribution < 1.29 is 17.9 Å². The van der Waals surface area contributed by atoms with Crippen molar-refractivity contribution in [1.82, 2.24) is 9.97 Å². The van der Waals surface area contributed by atoms with Crippen LogP contribution >= 0.6 is 0 Å². The zero-order valence-corrected chi connectivity index (χ0v) is 20.6. The van der Waals surface area contributed by atoms with Gasteiger partial charge in [-0.3, -0.25) is 0 Å². The summed E-state index contributed by atoms with van der Waals surface area (Å²) in [6.07, 6.45) is 0.640. The molecule has 2 aliphatic heterocycles. The lowest BCUT2D eigenvalue weighted by atomic mass is 9.94. The predicted octanol–water partition coefficient (Wildman–Crippen LogP) is 3.43. The van der Waals surface area contributed by atoms with Gasteiger partial charge in [-0.05, 0) is 56.2 Å². The van der Waals surface area contributed by atoms with E-state index in [-0.39, 0.29) is 10.9 Å². The maximum Gasteiger partial charge on any atom is 0.189 e. The Balaban J connectivity index is 1.72. The van der Waals surface area contributed by atoms with Crippen LogP contribution in [0.15, 0.2) is 65.6 Å². The van der Waals surface area contributed by atoms with Gasteiger partial charge in [0.1, 0.15) is 10.6 Å². The maximum atomic E-state index is 14.2. The molecule has 2 aliphatic rings. The molecule has 0 unspecified atom stereocenters. The lowest BCUT2D eigenvalue weighted by Gasteiger charge is -2.38. The summed E-state index contributed by atoms with van der Waals surface area (Å²) in [5.41, 5.74) is 7.82. The van der Waals surface area contributed by atoms with E-state index >= 15 is 0 Å². The Kier molecular flexibility index (Phi) is 6.48. The first-order valence-corrected chi connectivity index (χ1v) is 13.4. The van der Waals surface area contributed by atoms with Crippen LogP contribution in [0.1, 0.15) is 25.5 Å². The van der Waals surface area contributed by atoms with Crippen LogP contribution in [0.4, 0.5) is 11.5 Å². The molecule has 8 nitrogen and oxygen atoms in total. The van der Waals surface area contributed by atoms with E-state index < -0.39 is 14.6 Å². The molecule has 0 spiro atoms. The molecule has 5 rings (SSSR count). The van der Waals surface area contributed by atoms with Crippen molar-refractivity contribution in [2.24, 2.45) is 0 Å². The van der Waals surface area contributed by atoms with Crippen molar-refractivity contribution >= 4 is 21.3 Å². The summed E-state index contributed by atoms with van der Waals surface area (Å²) in [7, 11) is -3.78. The summed E-state index contributed by atoms with van der Waals surface area (Å²) in [5, 5.41) is 0. The van der Waals surface area contributed by atoms with E-state index in [0.717, 1.165) is 5.56 Å². The number of nitrogens with zero attached hydrogens (tertiary/aromatic N) is 3. The number of hydrogen-bond donors (Lipinski definition) is 1. The molecule has 0 radical (unpaired) electrons. The molecule has 184 valence electrons. The van der Waals surface area contributed by atoms with Gasteiger partial charge in [0, 0.05) is 37.1 Å². The predicted molar refractivity (Wildman–Crippen MR) is 135 cm³/mol. The number of nitrogen functional groups attached to an aromatic ring is 1. The molecular weight excluding hydrogens is 464 g/mol. The fraction of sp³-hybridized carbons (Fsp3) is 0.385. The van der Waals surface area contributed by atoms with Crippen molar-refractivity contribution in [3.63, 3.8) is 0 Å². The van der Waals surface area contributed by atoms with E-state index in [2.05, 4.69) is 11.8 Å². The third kappa shape index (κ3) is 4.39. The molecule has 9 heteroatoms. The van der Waals surface area contributed by atoms with Crippen LogP contribution in [0.2, 0.25) is 0 Å². The molecule has 1 atom stereocenters. The number of rotatable bonds is 5. The number of sulfone groups is 1. The highest BCUT2D eigenvalue weighted by atomic mass is 32.2. The van der Waals surface area contributed by atoms with E-state index in [4.69, 9.17) is 25.2 Å². The molecule has 35 heavy (non-hydrogen) atoms. The van der Waals surface area contributed by atoms with Gasteiger partial charge in [0.15, 0.2) is 15.7 Å². The van der Waals surface area contributed by atoms with Crippen molar-refractivity contribution in [1.29, 1.82) is 0 Å². The number of nitrogens with two attached hydrogens (primary N) is 1. The van der Waals surface area contributed by atoms with Gasteiger partial charge in [-0.1, -0.05) is 18.2 Å². The van der Waals surface area contributed by atoms with Gasteiger partial charge < -0.3 is 20.1 Å². The molecule has 3 aromatic rings. The van der Waals surface area contributed by atoms with E-state index in [1.807, 2.05) is 24.3 Å². The fourth-order valence-electron chi connectivity index (χ4n) is 4.83. The van der Waals surface area contributed by atoms with Crippen LogP contribution < -0.4 is 10.6 Å². The summed E-state index contributed by atoms with van der Waals surface area (Å²) in [4.78, 5) is 12.2. The standard InChI is InChI=1S/C26H30N4O4S/c1-19-18-34-16-13-30(19)24-17-23(28-25(29-24)20-7-9-21(27)10-8-20)26(11-14-33-15-12-26)35(31,32)22-5-3-2-4-6-22/h2-10,17,19H,11-16,18,27H2,1H3/t19-/m0/s1. The van der Waals surface area contributed by atoms with Gasteiger partial charge in [0.05, 0.1) is 29.8 Å². The molecule has 0 bridgehead atoms. The fourth-order valence-corrected chi connectivity index (χ4v) is 6.88. The Morgan fingerprint density at radius 1 is 0.971 bits per heavy atom. The molecule has 2 saturated heterocycles. The second kappa shape index (κ2) is 9.56. The molecule has 2 aromatic carbocycles. The Morgan fingerprint density at radius 2 is 1.69 bits per heavy atom. The first-order chi connectivity index (χ1) is 16.9. The largest absolute Gasteiger partial charge is 0.399 e. The third-order valence-electron chi connectivity index (χ3n) is 6.88. The van der Waals surface area contributed by atoms with Crippen molar-refractivity contribution in [2.75, 3.05) is 43.6 Å². The lowest BCUT2D eigenvalue weighted by molar-refractivity contribution is 0.0729. The molecule has 1 aromatic heterocycles. The number of hydrogen-bond acceptors (Lipinski definition) is 8. The van der Waals surface area contributed by atoms with Crippen molar-refractivity contribution in [2.45, 2.75) is 35.4 Å². The molecule has 0 saturated carbocycles. The van der Waals surface area contributed by atoms with E-state index in [1.54, 1.807) is 36.4 Å². The SMILES string of the molecule is C[C@H]1COCCN1c1cc(C2(S(=O)(=O)c3ccccc3)CCOCC2)nc(-c2ccc(N)cc2)n1. The number of ether oxygens (including phenoxy) is 2. The summed E-state index contributed by atoms with van der Waals surface area (Å²) in [6, 6.07) is 17.9. The van der Waals surface area contributed by atoms with Crippen LogP contribution in [0, 0.1) is 0 Å². The van der Waals surface area contributed by atoms with Crippen LogP contribution in [0.3, 0.4) is 0 Å². The average Bonchev–Trinajstić information content (AvgIpc) is 2.90. The number of aromatic nitrogens is 2. The minimum absolute atomic E-state index is 0.0992. The van der Waals surface area contributed by atoms with Crippen molar-refractivity contribution in [3.05, 3.63) is 66.4 Å². The average molecular weight is 495 g/mol. The van der Waals surface area contributed by atoms with Gasteiger partial charge in [-0.2, -0.15) is 0 Å². The van der Waals surface area contributed by atoms with E-state index in [0.29, 0.717) is 68.8 Å². The number of morpholine rings is 1. The smallest absolute Gasteiger partial charge is 0.189 e. The van der Waals surface area contributed by atoms with Crippen LogP contribution in [-0.2, 0) is 24.1 Å². The first-order valence-electron chi connectivity index (χ1n) is 11.9. The summed E-state index contributed by atoms with van der Waals surface area (Å²) < 4.78 is 38.4. The second-order valence-electron chi connectivity index (χ2n) is 9.10. The normalized spacial score (nSPS) is 20.5.